The standard InChI is InChI=1S/C44H38P2/c1-7-21-35(22-8-1)43(45(37-25-11-3-12-26-37)38-27-13-4-14-28-38)41-33-19-20-34-42(41)44(36-23-9-2-10-24-36)46(39-29-15-5-16-30-39)40-31-17-6-18-32-40/h1-18,21-32H,19-20,33-34H2/b43-41+,44-42+. The summed E-state index contributed by atoms with van der Waals surface area (Å²) in [7, 11) is -1.62. The van der Waals surface area contributed by atoms with Crippen molar-refractivity contribution in [3.05, 3.63) is 204 Å². The van der Waals surface area contributed by atoms with Crippen molar-refractivity contribution in [2.45, 2.75) is 25.7 Å². The Labute approximate surface area is 276 Å². The highest BCUT2D eigenvalue weighted by molar-refractivity contribution is 7.83. The van der Waals surface area contributed by atoms with Gasteiger partial charge >= 0.3 is 0 Å². The van der Waals surface area contributed by atoms with Gasteiger partial charge in [0.05, 0.1) is 0 Å². The molecule has 0 nitrogen and oxygen atoms in total. The molecule has 0 bridgehead atoms. The third-order valence-corrected chi connectivity index (χ3v) is 13.8. The number of hydrogen-bond donors (Lipinski definition) is 0. The van der Waals surface area contributed by atoms with Gasteiger partial charge in [0.2, 0.25) is 0 Å². The van der Waals surface area contributed by atoms with Crippen molar-refractivity contribution < 1.29 is 0 Å². The Morgan fingerprint density at radius 1 is 0.304 bits per heavy atom. The van der Waals surface area contributed by atoms with E-state index < -0.39 is 15.8 Å². The fourth-order valence-corrected chi connectivity index (χ4v) is 12.0. The van der Waals surface area contributed by atoms with E-state index in [1.807, 2.05) is 0 Å². The summed E-state index contributed by atoms with van der Waals surface area (Å²) in [6, 6.07) is 67.5. The predicted molar refractivity (Wildman–Crippen MR) is 203 cm³/mol. The van der Waals surface area contributed by atoms with Crippen LogP contribution in [-0.2, 0) is 0 Å². The maximum atomic E-state index is 2.34. The Morgan fingerprint density at radius 3 is 0.804 bits per heavy atom. The van der Waals surface area contributed by atoms with Crippen LogP contribution in [0.5, 0.6) is 0 Å². The van der Waals surface area contributed by atoms with Crippen molar-refractivity contribution in [1.82, 2.24) is 0 Å². The minimum Gasteiger partial charge on any atom is -0.0622 e. The lowest BCUT2D eigenvalue weighted by Crippen LogP contribution is -2.17. The maximum Gasteiger partial charge on any atom is -0.00436 e. The Bertz CT molecular complexity index is 1670. The number of benzene rings is 6. The van der Waals surface area contributed by atoms with Gasteiger partial charge in [0.1, 0.15) is 0 Å². The summed E-state index contributed by atoms with van der Waals surface area (Å²) in [6.07, 6.45) is 4.58. The molecule has 1 fully saturated rings. The zero-order valence-electron chi connectivity index (χ0n) is 26.0. The van der Waals surface area contributed by atoms with Gasteiger partial charge in [0.25, 0.3) is 0 Å². The molecule has 0 unspecified atom stereocenters. The minimum atomic E-state index is -0.809. The molecule has 1 aliphatic rings. The van der Waals surface area contributed by atoms with E-state index in [0.29, 0.717) is 0 Å². The molecule has 0 N–H and O–H groups in total. The van der Waals surface area contributed by atoms with E-state index in [2.05, 4.69) is 182 Å². The van der Waals surface area contributed by atoms with Crippen LogP contribution in [0.15, 0.2) is 193 Å². The average molecular weight is 629 g/mol. The molecule has 46 heavy (non-hydrogen) atoms. The molecule has 0 aromatic heterocycles. The zero-order chi connectivity index (χ0) is 31.0. The highest BCUT2D eigenvalue weighted by Gasteiger charge is 2.31. The molecule has 6 aromatic carbocycles. The quantitative estimate of drug-likeness (QED) is 0.147. The number of rotatable bonds is 8. The molecule has 1 saturated carbocycles. The lowest BCUT2D eigenvalue weighted by atomic mass is 9.86. The molecule has 0 amide bonds. The first-order chi connectivity index (χ1) is 22.9. The number of hydrogen-bond acceptors (Lipinski definition) is 0. The average Bonchev–Trinajstić information content (AvgIpc) is 3.15. The maximum absolute atomic E-state index is 2.34. The molecule has 1 aliphatic carbocycles. The van der Waals surface area contributed by atoms with Crippen molar-refractivity contribution in [2.24, 2.45) is 0 Å². The van der Waals surface area contributed by atoms with Crippen LogP contribution in [0, 0.1) is 0 Å². The summed E-state index contributed by atoms with van der Waals surface area (Å²) in [5.41, 5.74) is 5.78. The van der Waals surface area contributed by atoms with Gasteiger partial charge in [0, 0.05) is 0 Å². The van der Waals surface area contributed by atoms with E-state index in [1.54, 1.807) is 11.1 Å². The van der Waals surface area contributed by atoms with Crippen molar-refractivity contribution in [3.63, 3.8) is 0 Å². The van der Waals surface area contributed by atoms with E-state index in [0.717, 1.165) is 12.8 Å². The lowest BCUT2D eigenvalue weighted by molar-refractivity contribution is 0.684. The van der Waals surface area contributed by atoms with Gasteiger partial charge in [-0.1, -0.05) is 182 Å². The summed E-state index contributed by atoms with van der Waals surface area (Å²) in [5, 5.41) is 8.60. The fourth-order valence-electron chi connectivity index (χ4n) is 6.62. The van der Waals surface area contributed by atoms with E-state index in [-0.39, 0.29) is 0 Å². The van der Waals surface area contributed by atoms with Crippen LogP contribution >= 0.6 is 15.8 Å². The summed E-state index contributed by atoms with van der Waals surface area (Å²) in [5.74, 6) is 0. The third-order valence-electron chi connectivity index (χ3n) is 8.64. The van der Waals surface area contributed by atoms with Gasteiger partial charge in [-0.3, -0.25) is 0 Å². The molecule has 0 spiro atoms. The van der Waals surface area contributed by atoms with Crippen LogP contribution in [0.4, 0.5) is 0 Å². The Hall–Kier alpha value is -4.34. The fraction of sp³-hybridized carbons (Fsp3) is 0.0909. The van der Waals surface area contributed by atoms with Gasteiger partial charge < -0.3 is 0 Å². The van der Waals surface area contributed by atoms with Crippen molar-refractivity contribution in [1.29, 1.82) is 0 Å². The van der Waals surface area contributed by atoms with E-state index in [1.165, 1.54) is 55.8 Å². The van der Waals surface area contributed by atoms with Gasteiger partial charge in [-0.05, 0) is 95.6 Å². The topological polar surface area (TPSA) is 0 Å². The molecule has 0 radical (unpaired) electrons. The van der Waals surface area contributed by atoms with Gasteiger partial charge in [-0.25, -0.2) is 0 Å². The molecular weight excluding hydrogens is 590 g/mol. The third kappa shape index (κ3) is 6.62. The second kappa shape index (κ2) is 14.8. The van der Waals surface area contributed by atoms with Crippen LogP contribution in [-0.4, -0.2) is 0 Å². The molecule has 0 aliphatic heterocycles. The summed E-state index contributed by atoms with van der Waals surface area (Å²) in [6.45, 7) is 0. The van der Waals surface area contributed by atoms with Crippen LogP contribution in [0.2, 0.25) is 0 Å². The Morgan fingerprint density at radius 2 is 0.543 bits per heavy atom. The van der Waals surface area contributed by atoms with Crippen molar-refractivity contribution in [2.75, 3.05) is 0 Å². The van der Waals surface area contributed by atoms with Crippen molar-refractivity contribution >= 4 is 47.7 Å². The SMILES string of the molecule is c1ccc(/C(=C2/CCCC/C2=C(/c2ccccc2)P(c2ccccc2)c2ccccc2)P(c2ccccc2)c2ccccc2)cc1. The lowest BCUT2D eigenvalue weighted by Gasteiger charge is -2.33. The highest BCUT2D eigenvalue weighted by atomic mass is 31.1. The predicted octanol–water partition coefficient (Wildman–Crippen LogP) is 10.6. The molecule has 0 saturated heterocycles. The normalized spacial score (nSPS) is 15.5. The minimum absolute atomic E-state index is 0.809. The molecule has 0 atom stereocenters. The van der Waals surface area contributed by atoms with Gasteiger partial charge in [-0.15, -0.1) is 0 Å². The summed E-state index contributed by atoms with van der Waals surface area (Å²) in [4.78, 5) is 0. The first-order valence-electron chi connectivity index (χ1n) is 16.3. The molecule has 2 heteroatoms. The Kier molecular flexibility index (Phi) is 9.78. The van der Waals surface area contributed by atoms with Gasteiger partial charge in [-0.2, -0.15) is 0 Å². The van der Waals surface area contributed by atoms with Crippen molar-refractivity contribution in [3.8, 4) is 0 Å². The first kappa shape index (κ1) is 30.3. The second-order valence-electron chi connectivity index (χ2n) is 11.6. The van der Waals surface area contributed by atoms with E-state index in [9.17, 15) is 0 Å². The smallest absolute Gasteiger partial charge is 0.00436 e. The van der Waals surface area contributed by atoms with E-state index >= 15 is 0 Å². The largest absolute Gasteiger partial charge is 0.0622 e. The van der Waals surface area contributed by atoms with Crippen LogP contribution < -0.4 is 21.2 Å². The first-order valence-corrected chi connectivity index (χ1v) is 18.9. The molecular formula is C44H38P2. The highest BCUT2D eigenvalue weighted by Crippen LogP contribution is 2.58. The zero-order valence-corrected chi connectivity index (χ0v) is 27.8. The summed E-state index contributed by atoms with van der Waals surface area (Å²) < 4.78 is 0. The van der Waals surface area contributed by atoms with Crippen LogP contribution in [0.1, 0.15) is 36.8 Å². The Balaban J connectivity index is 1.60. The molecule has 224 valence electrons. The second-order valence-corrected chi connectivity index (χ2v) is 15.9. The summed E-state index contributed by atoms with van der Waals surface area (Å²) >= 11 is 0. The van der Waals surface area contributed by atoms with E-state index in [4.69, 9.17) is 0 Å². The van der Waals surface area contributed by atoms with Crippen LogP contribution in [0.3, 0.4) is 0 Å². The molecule has 7 rings (SSSR count). The number of allylic oxidation sites excluding steroid dienone is 2. The monoisotopic (exact) mass is 628 g/mol. The molecule has 0 heterocycles. The molecule has 6 aromatic rings. The van der Waals surface area contributed by atoms with Gasteiger partial charge in [0.15, 0.2) is 0 Å². The van der Waals surface area contributed by atoms with Crippen LogP contribution in [0.25, 0.3) is 10.6 Å².